The molecule has 1 aliphatic heterocycles. The summed E-state index contributed by atoms with van der Waals surface area (Å²) in [5, 5.41) is 9.24. The minimum absolute atomic E-state index is 0.102. The van der Waals surface area contributed by atoms with Gasteiger partial charge in [-0.3, -0.25) is 14.6 Å². The Morgan fingerprint density at radius 2 is 2.08 bits per heavy atom. The average Bonchev–Trinajstić information content (AvgIpc) is 2.59. The van der Waals surface area contributed by atoms with Crippen LogP contribution >= 0.6 is 11.6 Å². The normalized spacial score (nSPS) is 16.5. The quantitative estimate of drug-likeness (QED) is 0.922. The lowest BCUT2D eigenvalue weighted by Gasteiger charge is -2.34. The zero-order chi connectivity index (χ0) is 17.1. The molecule has 1 aromatic heterocycles. The number of rotatable bonds is 4. The van der Waals surface area contributed by atoms with Gasteiger partial charge in [0.15, 0.2) is 0 Å². The number of benzene rings is 1. The van der Waals surface area contributed by atoms with Gasteiger partial charge in [0.25, 0.3) is 5.91 Å². The monoisotopic (exact) mass is 344 g/mol. The number of aliphatic carboxylic acids is 1. The molecular weight excluding hydrogens is 328 g/mol. The lowest BCUT2D eigenvalue weighted by molar-refractivity contribution is -0.137. The van der Waals surface area contributed by atoms with Gasteiger partial charge >= 0.3 is 5.97 Å². The third kappa shape index (κ3) is 3.41. The third-order valence-electron chi connectivity index (χ3n) is 4.25. The number of fused-ring (bicyclic) bond motifs is 1. The smallest absolute Gasteiger partial charge is 0.303 e. The fraction of sp³-hybridized carbons (Fsp3) is 0.278. The first-order chi connectivity index (χ1) is 11.6. The molecule has 2 heterocycles. The van der Waals surface area contributed by atoms with Gasteiger partial charge in [-0.25, -0.2) is 0 Å². The zero-order valence-corrected chi connectivity index (χ0v) is 13.7. The number of carboxylic acids is 1. The lowest BCUT2D eigenvalue weighted by atomic mass is 9.89. The van der Waals surface area contributed by atoms with E-state index in [2.05, 4.69) is 4.98 Å². The summed E-state index contributed by atoms with van der Waals surface area (Å²) in [4.78, 5) is 29.4. The molecule has 0 saturated carbocycles. The van der Waals surface area contributed by atoms with Gasteiger partial charge in [0, 0.05) is 31.0 Å². The zero-order valence-electron chi connectivity index (χ0n) is 13.0. The molecule has 1 aliphatic rings. The van der Waals surface area contributed by atoms with Crippen LogP contribution in [0.1, 0.15) is 28.8 Å². The van der Waals surface area contributed by atoms with Crippen LogP contribution in [0, 0.1) is 5.92 Å². The van der Waals surface area contributed by atoms with Crippen LogP contribution < -0.4 is 4.90 Å². The predicted molar refractivity (Wildman–Crippen MR) is 91.4 cm³/mol. The number of anilines is 1. The van der Waals surface area contributed by atoms with Crippen LogP contribution in [0.3, 0.4) is 0 Å². The first kappa shape index (κ1) is 16.5. The number of hydrogen-bond acceptors (Lipinski definition) is 3. The van der Waals surface area contributed by atoms with Crippen LogP contribution in [0.15, 0.2) is 42.7 Å². The molecule has 0 radical (unpaired) electrons. The van der Waals surface area contributed by atoms with Crippen molar-refractivity contribution in [3.63, 3.8) is 0 Å². The molecule has 0 bridgehead atoms. The van der Waals surface area contributed by atoms with E-state index >= 15 is 0 Å². The predicted octanol–water partition coefficient (Wildman–Crippen LogP) is 3.42. The topological polar surface area (TPSA) is 70.5 Å². The average molecular weight is 345 g/mol. The number of halogens is 1. The van der Waals surface area contributed by atoms with Crippen molar-refractivity contribution in [2.24, 2.45) is 5.92 Å². The summed E-state index contributed by atoms with van der Waals surface area (Å²) in [6, 6.07) is 9.33. The Labute approximate surface area is 144 Å². The fourth-order valence-electron chi connectivity index (χ4n) is 3.09. The van der Waals surface area contributed by atoms with Crippen LogP contribution in [-0.4, -0.2) is 28.5 Å². The number of nitrogens with zero attached hydrogens (tertiary/aromatic N) is 2. The van der Waals surface area contributed by atoms with Crippen molar-refractivity contribution in [2.75, 3.05) is 11.4 Å². The highest BCUT2D eigenvalue weighted by Crippen LogP contribution is 2.33. The van der Waals surface area contributed by atoms with Crippen LogP contribution in [0.4, 0.5) is 5.69 Å². The molecule has 1 aromatic carbocycles. The SMILES string of the molecule is O=C(O)CCC1Cc2ccccc2N(C(=O)c2ccncc2Cl)C1. The third-order valence-corrected chi connectivity index (χ3v) is 4.55. The van der Waals surface area contributed by atoms with E-state index in [1.54, 1.807) is 11.0 Å². The van der Waals surface area contributed by atoms with E-state index < -0.39 is 5.97 Å². The number of carbonyl (C=O) groups excluding carboxylic acids is 1. The summed E-state index contributed by atoms with van der Waals surface area (Å²) in [6.45, 7) is 0.488. The van der Waals surface area contributed by atoms with Crippen LogP contribution in [-0.2, 0) is 11.2 Å². The van der Waals surface area contributed by atoms with Crippen molar-refractivity contribution in [2.45, 2.75) is 19.3 Å². The summed E-state index contributed by atoms with van der Waals surface area (Å²) in [6.07, 6.45) is 4.41. The van der Waals surface area contributed by atoms with Gasteiger partial charge in [-0.1, -0.05) is 29.8 Å². The molecule has 6 heteroatoms. The van der Waals surface area contributed by atoms with Gasteiger partial charge in [0.05, 0.1) is 10.6 Å². The van der Waals surface area contributed by atoms with Gasteiger partial charge in [-0.05, 0) is 36.5 Å². The van der Waals surface area contributed by atoms with Crippen LogP contribution in [0.2, 0.25) is 5.02 Å². The fourth-order valence-corrected chi connectivity index (χ4v) is 3.29. The van der Waals surface area contributed by atoms with E-state index in [1.165, 1.54) is 12.4 Å². The molecule has 1 unspecified atom stereocenters. The van der Waals surface area contributed by atoms with Crippen LogP contribution in [0.25, 0.3) is 0 Å². The van der Waals surface area contributed by atoms with E-state index in [4.69, 9.17) is 16.7 Å². The van der Waals surface area contributed by atoms with E-state index in [-0.39, 0.29) is 18.2 Å². The summed E-state index contributed by atoms with van der Waals surface area (Å²) < 4.78 is 0. The van der Waals surface area contributed by atoms with E-state index in [0.717, 1.165) is 17.7 Å². The second-order valence-electron chi connectivity index (χ2n) is 5.90. The molecule has 1 atom stereocenters. The molecule has 124 valence electrons. The minimum atomic E-state index is -0.816. The van der Waals surface area contributed by atoms with Gasteiger partial charge in [-0.2, -0.15) is 0 Å². The molecule has 0 aliphatic carbocycles. The minimum Gasteiger partial charge on any atom is -0.481 e. The summed E-state index contributed by atoms with van der Waals surface area (Å²) >= 11 is 6.12. The Kier molecular flexibility index (Phi) is 4.81. The maximum atomic E-state index is 13.0. The number of carboxylic acid groups (broad SMARTS) is 1. The highest BCUT2D eigenvalue weighted by Gasteiger charge is 2.30. The molecule has 5 nitrogen and oxygen atoms in total. The maximum Gasteiger partial charge on any atom is 0.303 e. The van der Waals surface area contributed by atoms with Crippen molar-refractivity contribution >= 4 is 29.2 Å². The molecule has 24 heavy (non-hydrogen) atoms. The Hall–Kier alpha value is -2.40. The van der Waals surface area contributed by atoms with Crippen molar-refractivity contribution in [3.8, 4) is 0 Å². The van der Waals surface area contributed by atoms with Gasteiger partial charge in [0.1, 0.15) is 0 Å². The van der Waals surface area contributed by atoms with Crippen molar-refractivity contribution in [1.29, 1.82) is 0 Å². The van der Waals surface area contributed by atoms with E-state index in [0.29, 0.717) is 23.6 Å². The molecule has 3 rings (SSSR count). The second-order valence-corrected chi connectivity index (χ2v) is 6.31. The van der Waals surface area contributed by atoms with Gasteiger partial charge < -0.3 is 10.0 Å². The summed E-state index contributed by atoms with van der Waals surface area (Å²) in [5.41, 5.74) is 2.32. The molecule has 1 amide bonds. The van der Waals surface area contributed by atoms with Crippen molar-refractivity contribution in [1.82, 2.24) is 4.98 Å². The van der Waals surface area contributed by atoms with E-state index in [1.807, 2.05) is 24.3 Å². The maximum absolute atomic E-state index is 13.0. The van der Waals surface area contributed by atoms with Crippen molar-refractivity contribution < 1.29 is 14.7 Å². The number of hydrogen-bond donors (Lipinski definition) is 1. The highest BCUT2D eigenvalue weighted by molar-refractivity contribution is 6.34. The van der Waals surface area contributed by atoms with Gasteiger partial charge in [-0.15, -0.1) is 0 Å². The highest BCUT2D eigenvalue weighted by atomic mass is 35.5. The summed E-state index contributed by atoms with van der Waals surface area (Å²) in [5.74, 6) is -0.889. The standard InChI is InChI=1S/C18H17ClN2O3/c19-15-10-20-8-7-14(15)18(24)21-11-12(5-6-17(22)23)9-13-3-1-2-4-16(13)21/h1-4,7-8,10,12H,5-6,9,11H2,(H,22,23). The molecule has 0 fully saturated rings. The Balaban J connectivity index is 1.91. The number of para-hydroxylation sites is 1. The number of amides is 1. The largest absolute Gasteiger partial charge is 0.481 e. The van der Waals surface area contributed by atoms with Crippen LogP contribution in [0.5, 0.6) is 0 Å². The lowest BCUT2D eigenvalue weighted by Crippen LogP contribution is -2.40. The Bertz CT molecular complexity index is 778. The number of pyridine rings is 1. The van der Waals surface area contributed by atoms with E-state index in [9.17, 15) is 9.59 Å². The molecule has 2 aromatic rings. The van der Waals surface area contributed by atoms with Gasteiger partial charge in [0.2, 0.25) is 0 Å². The van der Waals surface area contributed by atoms with Crippen molar-refractivity contribution in [3.05, 3.63) is 58.9 Å². The molecule has 0 spiro atoms. The number of carbonyl (C=O) groups is 2. The first-order valence-electron chi connectivity index (χ1n) is 7.77. The second kappa shape index (κ2) is 7.01. The molecule has 1 N–H and O–H groups in total. The Morgan fingerprint density at radius 3 is 2.83 bits per heavy atom. The first-order valence-corrected chi connectivity index (χ1v) is 8.15. The summed E-state index contributed by atoms with van der Waals surface area (Å²) in [7, 11) is 0. The Morgan fingerprint density at radius 1 is 1.29 bits per heavy atom. The molecule has 0 saturated heterocycles. The molecular formula is C18H17ClN2O3. The number of aromatic nitrogens is 1.